The highest BCUT2D eigenvalue weighted by Crippen LogP contribution is 2.27. The van der Waals surface area contributed by atoms with E-state index in [1.807, 2.05) is 0 Å². The number of hydrogen-bond donors (Lipinski definition) is 1. The molecule has 1 aromatic heterocycles. The number of nitrogens with one attached hydrogen (secondary N) is 1. The summed E-state index contributed by atoms with van der Waals surface area (Å²) in [6, 6.07) is 0. The Morgan fingerprint density at radius 1 is 1.12 bits per heavy atom. The summed E-state index contributed by atoms with van der Waals surface area (Å²) in [5.41, 5.74) is 2.38. The van der Waals surface area contributed by atoms with Crippen LogP contribution >= 0.6 is 11.6 Å². The number of rotatable bonds is 1. The van der Waals surface area contributed by atoms with Gasteiger partial charge in [0.25, 0.3) is 0 Å². The summed E-state index contributed by atoms with van der Waals surface area (Å²) in [4.78, 5) is 11.2. The lowest BCUT2D eigenvalue weighted by molar-refractivity contribution is 0.563. The number of piperidine rings is 1. The Balaban J connectivity index is 1.98. The van der Waals surface area contributed by atoms with Crippen LogP contribution in [0, 0.1) is 0 Å². The molecular formula is C12H17ClN4. The molecule has 1 fully saturated rings. The molecule has 2 aliphatic rings. The number of fused-ring (bicyclic) bond motifs is 1. The van der Waals surface area contributed by atoms with Crippen LogP contribution < -0.4 is 10.2 Å². The molecule has 17 heavy (non-hydrogen) atoms. The fourth-order valence-corrected chi connectivity index (χ4v) is 2.86. The van der Waals surface area contributed by atoms with Crippen LogP contribution in [0.1, 0.15) is 30.5 Å². The fourth-order valence-electron chi connectivity index (χ4n) is 2.68. The third-order valence-electron chi connectivity index (χ3n) is 3.54. The van der Waals surface area contributed by atoms with Gasteiger partial charge in [-0.1, -0.05) is 0 Å². The van der Waals surface area contributed by atoms with E-state index >= 15 is 0 Å². The first kappa shape index (κ1) is 11.2. The van der Waals surface area contributed by atoms with Crippen LogP contribution in [0.4, 0.5) is 5.82 Å². The second kappa shape index (κ2) is 4.78. The summed E-state index contributed by atoms with van der Waals surface area (Å²) in [6.45, 7) is 4.04. The molecule has 0 unspecified atom stereocenters. The molecule has 1 N–H and O–H groups in total. The first-order chi connectivity index (χ1) is 8.34. The van der Waals surface area contributed by atoms with Crippen LogP contribution in [0.3, 0.4) is 0 Å². The number of nitrogens with zero attached hydrogens (tertiary/aromatic N) is 3. The third-order valence-corrected chi connectivity index (χ3v) is 3.71. The maximum Gasteiger partial charge on any atom is 0.224 e. The lowest BCUT2D eigenvalue weighted by Gasteiger charge is -2.31. The molecule has 0 radical (unpaired) electrons. The monoisotopic (exact) mass is 252 g/mol. The van der Waals surface area contributed by atoms with Crippen molar-refractivity contribution in [3.05, 3.63) is 16.5 Å². The number of anilines is 1. The minimum atomic E-state index is 0.382. The van der Waals surface area contributed by atoms with Gasteiger partial charge in [-0.25, -0.2) is 9.97 Å². The largest absolute Gasteiger partial charge is 0.356 e. The molecular weight excluding hydrogens is 236 g/mol. The van der Waals surface area contributed by atoms with E-state index in [1.165, 1.54) is 24.8 Å². The first-order valence-corrected chi connectivity index (χ1v) is 6.73. The summed E-state index contributed by atoms with van der Waals surface area (Å²) in [5, 5.41) is 3.71. The number of halogens is 1. The molecule has 0 aliphatic carbocycles. The van der Waals surface area contributed by atoms with Crippen LogP contribution in [0.5, 0.6) is 0 Å². The zero-order valence-corrected chi connectivity index (χ0v) is 10.6. The molecule has 4 nitrogen and oxygen atoms in total. The van der Waals surface area contributed by atoms with E-state index in [9.17, 15) is 0 Å². The van der Waals surface area contributed by atoms with E-state index in [2.05, 4.69) is 20.2 Å². The van der Waals surface area contributed by atoms with Gasteiger partial charge in [-0.05, 0) is 43.8 Å². The molecule has 0 aromatic carbocycles. The minimum absolute atomic E-state index is 0.382. The molecule has 0 amide bonds. The standard InChI is InChI=1S/C12H17ClN4/c13-12-15-10-8-14-5-4-9(10)11(16-12)17-6-2-1-3-7-17/h14H,1-8H2. The zero-order valence-electron chi connectivity index (χ0n) is 9.88. The van der Waals surface area contributed by atoms with Crippen molar-refractivity contribution in [2.75, 3.05) is 24.5 Å². The summed E-state index contributed by atoms with van der Waals surface area (Å²) < 4.78 is 0. The van der Waals surface area contributed by atoms with Gasteiger partial charge in [-0.3, -0.25) is 0 Å². The smallest absolute Gasteiger partial charge is 0.224 e. The van der Waals surface area contributed by atoms with Gasteiger partial charge in [0.2, 0.25) is 5.28 Å². The molecule has 1 saturated heterocycles. The Kier molecular flexibility index (Phi) is 3.16. The normalized spacial score (nSPS) is 20.2. The molecule has 0 atom stereocenters. The van der Waals surface area contributed by atoms with E-state index in [0.29, 0.717) is 5.28 Å². The van der Waals surface area contributed by atoms with Crippen LogP contribution in [0.2, 0.25) is 5.28 Å². The molecule has 5 heteroatoms. The molecule has 3 rings (SSSR count). The predicted octanol–water partition coefficient (Wildman–Crippen LogP) is 1.77. The predicted molar refractivity (Wildman–Crippen MR) is 68.5 cm³/mol. The highest BCUT2D eigenvalue weighted by atomic mass is 35.5. The van der Waals surface area contributed by atoms with Crippen molar-refractivity contribution in [3.63, 3.8) is 0 Å². The van der Waals surface area contributed by atoms with Gasteiger partial charge in [0.05, 0.1) is 5.69 Å². The van der Waals surface area contributed by atoms with E-state index in [0.717, 1.165) is 44.1 Å². The van der Waals surface area contributed by atoms with Crippen molar-refractivity contribution in [1.82, 2.24) is 15.3 Å². The van der Waals surface area contributed by atoms with Crippen LogP contribution in [-0.2, 0) is 13.0 Å². The van der Waals surface area contributed by atoms with E-state index < -0.39 is 0 Å². The Labute approximate surface area is 106 Å². The van der Waals surface area contributed by atoms with Crippen molar-refractivity contribution in [1.29, 1.82) is 0 Å². The van der Waals surface area contributed by atoms with E-state index in [-0.39, 0.29) is 0 Å². The van der Waals surface area contributed by atoms with Crippen molar-refractivity contribution in [2.45, 2.75) is 32.2 Å². The van der Waals surface area contributed by atoms with Gasteiger partial charge in [0, 0.05) is 25.2 Å². The third kappa shape index (κ3) is 2.24. The molecule has 92 valence electrons. The summed E-state index contributed by atoms with van der Waals surface area (Å²) in [5.74, 6) is 1.08. The minimum Gasteiger partial charge on any atom is -0.356 e. The number of hydrogen-bond acceptors (Lipinski definition) is 4. The van der Waals surface area contributed by atoms with Gasteiger partial charge in [0.15, 0.2) is 0 Å². The second-order valence-electron chi connectivity index (χ2n) is 4.72. The van der Waals surface area contributed by atoms with Crippen molar-refractivity contribution in [2.24, 2.45) is 0 Å². The summed E-state index contributed by atoms with van der Waals surface area (Å²) in [7, 11) is 0. The van der Waals surface area contributed by atoms with Gasteiger partial charge in [-0.15, -0.1) is 0 Å². The van der Waals surface area contributed by atoms with Gasteiger partial charge in [0.1, 0.15) is 5.82 Å². The van der Waals surface area contributed by atoms with Crippen LogP contribution in [0.25, 0.3) is 0 Å². The highest BCUT2D eigenvalue weighted by Gasteiger charge is 2.22. The maximum atomic E-state index is 6.02. The van der Waals surface area contributed by atoms with Crippen LogP contribution in [0.15, 0.2) is 0 Å². The average Bonchev–Trinajstić information content (AvgIpc) is 2.39. The molecule has 0 spiro atoms. The summed E-state index contributed by atoms with van der Waals surface area (Å²) >= 11 is 6.02. The maximum absolute atomic E-state index is 6.02. The molecule has 1 aromatic rings. The molecule has 0 bridgehead atoms. The Bertz CT molecular complexity index is 415. The second-order valence-corrected chi connectivity index (χ2v) is 5.05. The Morgan fingerprint density at radius 2 is 1.94 bits per heavy atom. The van der Waals surface area contributed by atoms with Crippen molar-refractivity contribution < 1.29 is 0 Å². The van der Waals surface area contributed by atoms with Crippen LogP contribution in [-0.4, -0.2) is 29.6 Å². The quantitative estimate of drug-likeness (QED) is 0.774. The Hall–Kier alpha value is -0.870. The molecule has 2 aliphatic heterocycles. The Morgan fingerprint density at radius 3 is 2.76 bits per heavy atom. The van der Waals surface area contributed by atoms with Gasteiger partial charge in [-0.2, -0.15) is 0 Å². The SMILES string of the molecule is Clc1nc2c(c(N3CCCCC3)n1)CCNC2. The fraction of sp³-hybridized carbons (Fsp3) is 0.667. The van der Waals surface area contributed by atoms with Crippen molar-refractivity contribution in [3.8, 4) is 0 Å². The summed E-state index contributed by atoms with van der Waals surface area (Å²) in [6.07, 6.45) is 4.86. The zero-order chi connectivity index (χ0) is 11.7. The van der Waals surface area contributed by atoms with E-state index in [1.54, 1.807) is 0 Å². The van der Waals surface area contributed by atoms with Crippen molar-refractivity contribution >= 4 is 17.4 Å². The average molecular weight is 253 g/mol. The number of aromatic nitrogens is 2. The topological polar surface area (TPSA) is 41.1 Å². The lowest BCUT2D eigenvalue weighted by atomic mass is 10.0. The molecule has 0 saturated carbocycles. The lowest BCUT2D eigenvalue weighted by Crippen LogP contribution is -2.34. The van der Waals surface area contributed by atoms with E-state index in [4.69, 9.17) is 11.6 Å². The highest BCUT2D eigenvalue weighted by molar-refractivity contribution is 6.28. The molecule has 3 heterocycles. The first-order valence-electron chi connectivity index (χ1n) is 6.35. The van der Waals surface area contributed by atoms with Gasteiger partial charge < -0.3 is 10.2 Å². The van der Waals surface area contributed by atoms with Gasteiger partial charge >= 0.3 is 0 Å².